The van der Waals surface area contributed by atoms with Crippen molar-refractivity contribution in [3.05, 3.63) is 29.8 Å². The number of nitrogens with zero attached hydrogens (tertiary/aromatic N) is 1. The van der Waals surface area contributed by atoms with Crippen molar-refractivity contribution in [3.63, 3.8) is 0 Å². The first-order chi connectivity index (χ1) is 7.75. The summed E-state index contributed by atoms with van der Waals surface area (Å²) < 4.78 is 0. The number of carbonyl (C=O) groups is 1. The highest BCUT2D eigenvalue weighted by molar-refractivity contribution is 5.78. The fraction of sp³-hybridized carbons (Fsp3) is 0.462. The second kappa shape index (κ2) is 5.12. The third-order valence-electron chi connectivity index (χ3n) is 2.85. The molecule has 3 nitrogen and oxygen atoms in total. The van der Waals surface area contributed by atoms with Gasteiger partial charge in [0.05, 0.1) is 0 Å². The Morgan fingerprint density at radius 2 is 2.12 bits per heavy atom. The zero-order valence-corrected chi connectivity index (χ0v) is 9.70. The van der Waals surface area contributed by atoms with Crippen LogP contribution < -0.4 is 10.2 Å². The maximum Gasteiger partial charge on any atom is 0.134 e. The number of hydrogen-bond acceptors (Lipinski definition) is 3. The van der Waals surface area contributed by atoms with E-state index in [2.05, 4.69) is 22.3 Å². The fourth-order valence-corrected chi connectivity index (χ4v) is 2.07. The van der Waals surface area contributed by atoms with E-state index in [0.29, 0.717) is 6.42 Å². The lowest BCUT2D eigenvalue weighted by Crippen LogP contribution is -2.43. The van der Waals surface area contributed by atoms with E-state index in [1.54, 1.807) is 6.92 Å². The summed E-state index contributed by atoms with van der Waals surface area (Å²) in [5, 5.41) is 3.34. The average molecular weight is 218 g/mol. The lowest BCUT2D eigenvalue weighted by Gasteiger charge is -2.29. The Bertz CT molecular complexity index is 370. The van der Waals surface area contributed by atoms with Crippen LogP contribution in [0.3, 0.4) is 0 Å². The van der Waals surface area contributed by atoms with Gasteiger partial charge in [0.2, 0.25) is 0 Å². The van der Waals surface area contributed by atoms with Crippen molar-refractivity contribution in [1.29, 1.82) is 0 Å². The second-order valence-electron chi connectivity index (χ2n) is 4.29. The molecule has 0 saturated carbocycles. The molecular weight excluding hydrogens is 200 g/mol. The number of hydrogen-bond donors (Lipinski definition) is 1. The first kappa shape index (κ1) is 11.1. The molecule has 1 aliphatic rings. The number of anilines is 1. The zero-order valence-electron chi connectivity index (χ0n) is 9.70. The number of rotatable bonds is 3. The van der Waals surface area contributed by atoms with Crippen molar-refractivity contribution in [2.45, 2.75) is 13.3 Å². The Kier molecular flexibility index (Phi) is 3.57. The van der Waals surface area contributed by atoms with E-state index in [1.807, 2.05) is 12.1 Å². The van der Waals surface area contributed by atoms with Gasteiger partial charge >= 0.3 is 0 Å². The highest BCUT2D eigenvalue weighted by Gasteiger charge is 2.10. The quantitative estimate of drug-likeness (QED) is 0.828. The molecule has 1 aromatic carbocycles. The molecule has 86 valence electrons. The minimum Gasteiger partial charge on any atom is -0.369 e. The van der Waals surface area contributed by atoms with E-state index in [1.165, 1.54) is 5.69 Å². The van der Waals surface area contributed by atoms with Crippen LogP contribution in [0.15, 0.2) is 24.3 Å². The molecule has 0 amide bonds. The van der Waals surface area contributed by atoms with E-state index in [4.69, 9.17) is 0 Å². The fourth-order valence-electron chi connectivity index (χ4n) is 2.07. The van der Waals surface area contributed by atoms with Gasteiger partial charge in [-0.15, -0.1) is 0 Å². The molecule has 0 aliphatic carbocycles. The van der Waals surface area contributed by atoms with Crippen LogP contribution >= 0.6 is 0 Å². The molecule has 0 aromatic heterocycles. The van der Waals surface area contributed by atoms with E-state index < -0.39 is 0 Å². The number of benzene rings is 1. The Morgan fingerprint density at radius 1 is 1.38 bits per heavy atom. The molecule has 0 atom stereocenters. The lowest BCUT2D eigenvalue weighted by atomic mass is 10.1. The van der Waals surface area contributed by atoms with Crippen LogP contribution in [0.5, 0.6) is 0 Å². The Hall–Kier alpha value is -1.35. The Morgan fingerprint density at radius 3 is 2.81 bits per heavy atom. The molecule has 3 heteroatoms. The lowest BCUT2D eigenvalue weighted by molar-refractivity contribution is -0.116. The van der Waals surface area contributed by atoms with Gasteiger partial charge in [-0.2, -0.15) is 0 Å². The van der Waals surface area contributed by atoms with Gasteiger partial charge in [-0.05, 0) is 24.6 Å². The first-order valence-electron chi connectivity index (χ1n) is 5.80. The van der Waals surface area contributed by atoms with Crippen molar-refractivity contribution in [1.82, 2.24) is 5.32 Å². The molecule has 1 heterocycles. The average Bonchev–Trinajstić information content (AvgIpc) is 2.30. The number of piperazine rings is 1. The van der Waals surface area contributed by atoms with Crippen LogP contribution in [0.1, 0.15) is 12.5 Å². The number of Topliss-reactive ketones (excluding diaryl/α,β-unsaturated/α-hetero) is 1. The van der Waals surface area contributed by atoms with Crippen LogP contribution in [-0.4, -0.2) is 32.0 Å². The predicted molar refractivity (Wildman–Crippen MR) is 65.9 cm³/mol. The van der Waals surface area contributed by atoms with E-state index >= 15 is 0 Å². The summed E-state index contributed by atoms with van der Waals surface area (Å²) in [6, 6.07) is 8.31. The van der Waals surface area contributed by atoms with Crippen LogP contribution in [0.2, 0.25) is 0 Å². The molecule has 1 N–H and O–H groups in total. The molecule has 1 saturated heterocycles. The number of nitrogens with one attached hydrogen (secondary N) is 1. The summed E-state index contributed by atoms with van der Waals surface area (Å²) in [6.07, 6.45) is 0.542. The SMILES string of the molecule is CC(=O)Cc1cccc(N2CCNCC2)c1. The van der Waals surface area contributed by atoms with Gasteiger partial charge in [0.1, 0.15) is 5.78 Å². The van der Waals surface area contributed by atoms with Gasteiger partial charge in [0, 0.05) is 38.3 Å². The van der Waals surface area contributed by atoms with Crippen molar-refractivity contribution < 1.29 is 4.79 Å². The van der Waals surface area contributed by atoms with Crippen LogP contribution in [0, 0.1) is 0 Å². The summed E-state index contributed by atoms with van der Waals surface area (Å²) in [5.74, 6) is 0.220. The highest BCUT2D eigenvalue weighted by Crippen LogP contribution is 2.17. The normalized spacial score (nSPS) is 16.2. The molecule has 0 radical (unpaired) electrons. The molecule has 0 spiro atoms. The van der Waals surface area contributed by atoms with Gasteiger partial charge < -0.3 is 10.2 Å². The van der Waals surface area contributed by atoms with Crippen LogP contribution in [0.25, 0.3) is 0 Å². The molecule has 2 rings (SSSR count). The van der Waals surface area contributed by atoms with E-state index in [0.717, 1.165) is 31.7 Å². The largest absolute Gasteiger partial charge is 0.369 e. The summed E-state index contributed by atoms with van der Waals surface area (Å²) in [6.45, 7) is 5.80. The minimum atomic E-state index is 0.220. The maximum atomic E-state index is 11.1. The summed E-state index contributed by atoms with van der Waals surface area (Å²) in [7, 11) is 0. The smallest absolute Gasteiger partial charge is 0.134 e. The minimum absolute atomic E-state index is 0.220. The molecule has 16 heavy (non-hydrogen) atoms. The van der Waals surface area contributed by atoms with Crippen LogP contribution in [0.4, 0.5) is 5.69 Å². The van der Waals surface area contributed by atoms with Crippen LogP contribution in [-0.2, 0) is 11.2 Å². The summed E-state index contributed by atoms with van der Waals surface area (Å²) >= 11 is 0. The van der Waals surface area contributed by atoms with Crippen molar-refractivity contribution in [3.8, 4) is 0 Å². The van der Waals surface area contributed by atoms with Gasteiger partial charge in [-0.3, -0.25) is 4.79 Å². The standard InChI is InChI=1S/C13H18N2O/c1-11(16)9-12-3-2-4-13(10-12)15-7-5-14-6-8-15/h2-4,10,14H,5-9H2,1H3. The van der Waals surface area contributed by atoms with Gasteiger partial charge in [-0.1, -0.05) is 12.1 Å². The summed E-state index contributed by atoms with van der Waals surface area (Å²) in [4.78, 5) is 13.4. The predicted octanol–water partition coefficient (Wildman–Crippen LogP) is 1.23. The summed E-state index contributed by atoms with van der Waals surface area (Å²) in [5.41, 5.74) is 2.35. The third kappa shape index (κ3) is 2.83. The van der Waals surface area contributed by atoms with Crippen molar-refractivity contribution in [2.24, 2.45) is 0 Å². The van der Waals surface area contributed by atoms with Gasteiger partial charge in [-0.25, -0.2) is 0 Å². The van der Waals surface area contributed by atoms with Gasteiger partial charge in [0.25, 0.3) is 0 Å². The van der Waals surface area contributed by atoms with E-state index in [-0.39, 0.29) is 5.78 Å². The second-order valence-corrected chi connectivity index (χ2v) is 4.29. The molecule has 1 aromatic rings. The molecular formula is C13H18N2O. The highest BCUT2D eigenvalue weighted by atomic mass is 16.1. The van der Waals surface area contributed by atoms with Gasteiger partial charge in [0.15, 0.2) is 0 Å². The molecule has 1 fully saturated rings. The molecule has 0 unspecified atom stereocenters. The topological polar surface area (TPSA) is 32.3 Å². The Labute approximate surface area is 96.5 Å². The van der Waals surface area contributed by atoms with Crippen molar-refractivity contribution >= 4 is 11.5 Å². The van der Waals surface area contributed by atoms with Crippen molar-refractivity contribution in [2.75, 3.05) is 31.1 Å². The Balaban J connectivity index is 2.11. The molecule has 1 aliphatic heterocycles. The number of carbonyl (C=O) groups excluding carboxylic acids is 1. The van der Waals surface area contributed by atoms with E-state index in [9.17, 15) is 4.79 Å². The molecule has 0 bridgehead atoms. The first-order valence-corrected chi connectivity index (χ1v) is 5.80. The zero-order chi connectivity index (χ0) is 11.4. The maximum absolute atomic E-state index is 11.1. The number of ketones is 1. The third-order valence-corrected chi connectivity index (χ3v) is 2.85. The monoisotopic (exact) mass is 218 g/mol.